The summed E-state index contributed by atoms with van der Waals surface area (Å²) in [7, 11) is 0. The Labute approximate surface area is 148 Å². The molecule has 2 rings (SSSR count). The van der Waals surface area contributed by atoms with Crippen molar-refractivity contribution >= 4 is 0 Å². The van der Waals surface area contributed by atoms with Crippen LogP contribution in [-0.2, 0) is 10.2 Å². The van der Waals surface area contributed by atoms with Gasteiger partial charge in [0.25, 0.3) is 0 Å². The van der Waals surface area contributed by atoms with Crippen LogP contribution < -0.4 is 0 Å². The molecule has 0 saturated heterocycles. The van der Waals surface area contributed by atoms with Gasteiger partial charge >= 0.3 is 0 Å². The van der Waals surface area contributed by atoms with E-state index in [1.54, 1.807) is 0 Å². The minimum Gasteiger partial charge on any atom is -0.367 e. The molecule has 0 spiro atoms. The van der Waals surface area contributed by atoms with Crippen LogP contribution in [-0.4, -0.2) is 12.8 Å². The molecule has 2 heteroatoms. The predicted molar refractivity (Wildman–Crippen MR) is 100 cm³/mol. The van der Waals surface area contributed by atoms with E-state index in [9.17, 15) is 4.39 Å². The van der Waals surface area contributed by atoms with Gasteiger partial charge in [-0.3, -0.25) is 0 Å². The Bertz CT molecular complexity index is 500. The largest absolute Gasteiger partial charge is 0.367 e. The lowest BCUT2D eigenvalue weighted by molar-refractivity contribution is -0.0885. The molecule has 1 saturated carbocycles. The lowest BCUT2D eigenvalue weighted by Gasteiger charge is -2.38. The first-order valence-corrected chi connectivity index (χ1v) is 9.54. The fraction of sp³-hybridized carbons (Fsp3) is 0.727. The van der Waals surface area contributed by atoms with Gasteiger partial charge in [-0.15, -0.1) is 0 Å². The molecular weight excluding hydrogens is 299 g/mol. The van der Waals surface area contributed by atoms with Crippen molar-refractivity contribution in [3.05, 3.63) is 35.4 Å². The van der Waals surface area contributed by atoms with Gasteiger partial charge in [0.1, 0.15) is 12.8 Å². The zero-order valence-corrected chi connectivity index (χ0v) is 16.3. The third kappa shape index (κ3) is 4.81. The summed E-state index contributed by atoms with van der Waals surface area (Å²) < 4.78 is 20.1. The number of benzene rings is 1. The van der Waals surface area contributed by atoms with Crippen LogP contribution >= 0.6 is 0 Å². The van der Waals surface area contributed by atoms with Crippen molar-refractivity contribution in [1.29, 1.82) is 0 Å². The van der Waals surface area contributed by atoms with Crippen LogP contribution in [0.25, 0.3) is 0 Å². The number of ether oxygens (including phenoxy) is 1. The van der Waals surface area contributed by atoms with E-state index in [4.69, 9.17) is 4.74 Å². The molecule has 136 valence electrons. The Morgan fingerprint density at radius 1 is 1.12 bits per heavy atom. The Morgan fingerprint density at radius 3 is 2.25 bits per heavy atom. The SMILES string of the molecule is CC(C)[C@H]1CC[C@H](C)C[C@@H]1OC(CF)c1ccc(C(C)(C)C)cc1. The summed E-state index contributed by atoms with van der Waals surface area (Å²) in [4.78, 5) is 0. The molecule has 1 aromatic carbocycles. The first-order chi connectivity index (χ1) is 11.2. The van der Waals surface area contributed by atoms with Crippen LogP contribution in [0.4, 0.5) is 4.39 Å². The van der Waals surface area contributed by atoms with Crippen molar-refractivity contribution in [2.45, 2.75) is 78.4 Å². The summed E-state index contributed by atoms with van der Waals surface area (Å²) in [5.41, 5.74) is 2.35. The summed E-state index contributed by atoms with van der Waals surface area (Å²) in [6.07, 6.45) is 3.26. The standard InChI is InChI=1S/C22H35FO/c1-15(2)19-12-7-16(3)13-20(19)24-21(14-23)17-8-10-18(11-9-17)22(4,5)6/h8-11,15-16,19-21H,7,12-14H2,1-6H3/t16-,19+,20-,21?/m0/s1. The monoisotopic (exact) mass is 334 g/mol. The van der Waals surface area contributed by atoms with Gasteiger partial charge in [-0.25, -0.2) is 4.39 Å². The van der Waals surface area contributed by atoms with Crippen molar-refractivity contribution in [2.75, 3.05) is 6.67 Å². The molecule has 1 unspecified atom stereocenters. The minimum absolute atomic E-state index is 0.117. The summed E-state index contributed by atoms with van der Waals surface area (Å²) in [6, 6.07) is 8.32. The topological polar surface area (TPSA) is 9.23 Å². The van der Waals surface area contributed by atoms with E-state index in [0.29, 0.717) is 17.8 Å². The number of halogens is 1. The highest BCUT2D eigenvalue weighted by atomic mass is 19.1. The molecule has 0 heterocycles. The fourth-order valence-electron chi connectivity index (χ4n) is 3.88. The quantitative estimate of drug-likeness (QED) is 0.599. The maximum Gasteiger partial charge on any atom is 0.120 e. The number of rotatable bonds is 5. The van der Waals surface area contributed by atoms with Crippen LogP contribution in [0.2, 0.25) is 0 Å². The second-order valence-corrected chi connectivity index (χ2v) is 9.02. The summed E-state index contributed by atoms with van der Waals surface area (Å²) in [6.45, 7) is 12.9. The van der Waals surface area contributed by atoms with E-state index in [1.807, 2.05) is 12.1 Å². The Morgan fingerprint density at radius 2 is 1.75 bits per heavy atom. The highest BCUT2D eigenvalue weighted by Crippen LogP contribution is 2.38. The molecule has 0 aromatic heterocycles. The molecule has 0 amide bonds. The fourth-order valence-corrected chi connectivity index (χ4v) is 3.88. The zero-order valence-electron chi connectivity index (χ0n) is 16.3. The molecule has 0 N–H and O–H groups in total. The van der Waals surface area contributed by atoms with E-state index in [2.05, 4.69) is 53.7 Å². The zero-order chi connectivity index (χ0) is 17.9. The van der Waals surface area contributed by atoms with Crippen molar-refractivity contribution in [3.8, 4) is 0 Å². The van der Waals surface area contributed by atoms with Gasteiger partial charge in [-0.1, -0.05) is 72.2 Å². The van der Waals surface area contributed by atoms with E-state index < -0.39 is 12.8 Å². The van der Waals surface area contributed by atoms with E-state index >= 15 is 0 Å². The molecule has 4 atom stereocenters. The van der Waals surface area contributed by atoms with E-state index in [0.717, 1.165) is 12.0 Å². The Kier molecular flexibility index (Phi) is 6.47. The highest BCUT2D eigenvalue weighted by Gasteiger charge is 2.33. The first-order valence-electron chi connectivity index (χ1n) is 9.54. The number of alkyl halides is 1. The smallest absolute Gasteiger partial charge is 0.120 e. The van der Waals surface area contributed by atoms with E-state index in [-0.39, 0.29) is 11.5 Å². The highest BCUT2D eigenvalue weighted by molar-refractivity contribution is 5.28. The van der Waals surface area contributed by atoms with Crippen molar-refractivity contribution in [3.63, 3.8) is 0 Å². The molecule has 1 aromatic rings. The van der Waals surface area contributed by atoms with Gasteiger partial charge in [-0.2, -0.15) is 0 Å². The lowest BCUT2D eigenvalue weighted by atomic mass is 9.75. The predicted octanol–water partition coefficient (Wildman–Crippen LogP) is 6.47. The Balaban J connectivity index is 2.12. The molecule has 1 fully saturated rings. The second-order valence-electron chi connectivity index (χ2n) is 9.02. The Hall–Kier alpha value is -0.890. The van der Waals surface area contributed by atoms with Crippen molar-refractivity contribution in [2.24, 2.45) is 17.8 Å². The summed E-state index contributed by atoms with van der Waals surface area (Å²) in [5.74, 6) is 1.81. The molecular formula is C22H35FO. The van der Waals surface area contributed by atoms with Crippen LogP contribution in [0, 0.1) is 17.8 Å². The van der Waals surface area contributed by atoms with Crippen molar-refractivity contribution in [1.82, 2.24) is 0 Å². The average Bonchev–Trinajstić information content (AvgIpc) is 2.51. The summed E-state index contributed by atoms with van der Waals surface area (Å²) >= 11 is 0. The second kappa shape index (κ2) is 7.99. The number of hydrogen-bond donors (Lipinski definition) is 0. The van der Waals surface area contributed by atoms with Crippen LogP contribution in [0.1, 0.15) is 78.0 Å². The van der Waals surface area contributed by atoms with Gasteiger partial charge in [0.2, 0.25) is 0 Å². The molecule has 0 aliphatic heterocycles. The van der Waals surface area contributed by atoms with Gasteiger partial charge in [-0.05, 0) is 47.1 Å². The lowest BCUT2D eigenvalue weighted by Crippen LogP contribution is -2.35. The molecule has 0 bridgehead atoms. The van der Waals surface area contributed by atoms with Gasteiger partial charge < -0.3 is 4.74 Å². The molecule has 1 aliphatic carbocycles. The van der Waals surface area contributed by atoms with Gasteiger partial charge in [0, 0.05) is 0 Å². The average molecular weight is 335 g/mol. The van der Waals surface area contributed by atoms with Crippen molar-refractivity contribution < 1.29 is 9.13 Å². The molecule has 24 heavy (non-hydrogen) atoms. The maximum absolute atomic E-state index is 13.7. The summed E-state index contributed by atoms with van der Waals surface area (Å²) in [5, 5.41) is 0. The van der Waals surface area contributed by atoms with Crippen LogP contribution in [0.5, 0.6) is 0 Å². The maximum atomic E-state index is 13.7. The van der Waals surface area contributed by atoms with E-state index in [1.165, 1.54) is 18.4 Å². The minimum atomic E-state index is -0.454. The van der Waals surface area contributed by atoms with Crippen LogP contribution in [0.15, 0.2) is 24.3 Å². The molecule has 1 aliphatic rings. The third-order valence-electron chi connectivity index (χ3n) is 5.59. The molecule has 1 nitrogen and oxygen atoms in total. The first kappa shape index (κ1) is 19.4. The van der Waals surface area contributed by atoms with Gasteiger partial charge in [0.15, 0.2) is 0 Å². The number of hydrogen-bond acceptors (Lipinski definition) is 1. The normalized spacial score (nSPS) is 26.6. The third-order valence-corrected chi connectivity index (χ3v) is 5.59. The van der Waals surface area contributed by atoms with Gasteiger partial charge in [0.05, 0.1) is 6.10 Å². The molecule has 0 radical (unpaired) electrons. The van der Waals surface area contributed by atoms with Crippen LogP contribution in [0.3, 0.4) is 0 Å².